The van der Waals surface area contributed by atoms with Crippen molar-refractivity contribution < 1.29 is 13.9 Å². The molecule has 0 atom stereocenters. The van der Waals surface area contributed by atoms with Crippen molar-refractivity contribution in [2.75, 3.05) is 6.54 Å². The van der Waals surface area contributed by atoms with E-state index in [1.54, 1.807) is 0 Å². The normalized spacial score (nSPS) is 11.6. The van der Waals surface area contributed by atoms with E-state index in [4.69, 9.17) is 9.15 Å². The first-order valence-electron chi connectivity index (χ1n) is 6.35. The third-order valence-corrected chi connectivity index (χ3v) is 2.89. The van der Waals surface area contributed by atoms with E-state index in [0.29, 0.717) is 18.9 Å². The molecular weight excluding hydrogens is 324 g/mol. The minimum atomic E-state index is -0.492. The van der Waals surface area contributed by atoms with Gasteiger partial charge in [0.1, 0.15) is 11.1 Å². The molecule has 0 aliphatic rings. The maximum atomic E-state index is 11.5. The third-order valence-electron chi connectivity index (χ3n) is 2.40. The van der Waals surface area contributed by atoms with Crippen LogP contribution in [-0.4, -0.2) is 23.2 Å². The van der Waals surface area contributed by atoms with Crippen molar-refractivity contribution in [3.63, 3.8) is 0 Å². The minimum Gasteiger partial charge on any atom is -0.444 e. The molecular formula is C14H17BrN2O3. The summed E-state index contributed by atoms with van der Waals surface area (Å²) < 4.78 is 11.7. The number of nitrogens with one attached hydrogen (secondary N) is 1. The van der Waals surface area contributed by atoms with Crippen molar-refractivity contribution in [1.29, 1.82) is 0 Å². The van der Waals surface area contributed by atoms with Gasteiger partial charge in [-0.2, -0.15) is 0 Å². The number of fused-ring (bicyclic) bond motifs is 1. The summed E-state index contributed by atoms with van der Waals surface area (Å²) >= 11 is 3.39. The molecule has 1 heterocycles. The molecule has 0 fully saturated rings. The van der Waals surface area contributed by atoms with Gasteiger partial charge in [-0.25, -0.2) is 9.78 Å². The van der Waals surface area contributed by atoms with Crippen molar-refractivity contribution >= 4 is 33.1 Å². The minimum absolute atomic E-state index is 0.420. The average Bonchev–Trinajstić information content (AvgIpc) is 2.68. The summed E-state index contributed by atoms with van der Waals surface area (Å²) in [5, 5.41) is 2.67. The van der Waals surface area contributed by atoms with Crippen LogP contribution in [0.3, 0.4) is 0 Å². The quantitative estimate of drug-likeness (QED) is 0.925. The van der Waals surface area contributed by atoms with Crippen LogP contribution in [0.25, 0.3) is 11.1 Å². The predicted molar refractivity (Wildman–Crippen MR) is 79.6 cm³/mol. The van der Waals surface area contributed by atoms with Crippen molar-refractivity contribution in [3.05, 3.63) is 28.6 Å². The molecule has 2 rings (SSSR count). The maximum Gasteiger partial charge on any atom is 0.407 e. The summed E-state index contributed by atoms with van der Waals surface area (Å²) in [6.07, 6.45) is 0.0855. The number of hydrogen-bond acceptors (Lipinski definition) is 4. The zero-order valence-corrected chi connectivity index (χ0v) is 13.3. The summed E-state index contributed by atoms with van der Waals surface area (Å²) in [6.45, 7) is 5.89. The largest absolute Gasteiger partial charge is 0.444 e. The number of ether oxygens (including phenoxy) is 1. The van der Waals surface area contributed by atoms with Crippen LogP contribution in [0.15, 0.2) is 27.1 Å². The van der Waals surface area contributed by atoms with E-state index >= 15 is 0 Å². The molecule has 1 N–H and O–H groups in total. The van der Waals surface area contributed by atoms with E-state index in [1.165, 1.54) is 0 Å². The standard InChI is InChI=1S/C14H17BrN2O3/c1-14(2,3)20-13(18)16-7-6-12-17-10-8-9(15)4-5-11(10)19-12/h4-5,8H,6-7H2,1-3H3,(H,16,18). The molecule has 0 saturated heterocycles. The Hall–Kier alpha value is -1.56. The van der Waals surface area contributed by atoms with Gasteiger partial charge >= 0.3 is 6.09 Å². The lowest BCUT2D eigenvalue weighted by Gasteiger charge is -2.19. The lowest BCUT2D eigenvalue weighted by Crippen LogP contribution is -2.33. The Kier molecular flexibility index (Phi) is 4.32. The summed E-state index contributed by atoms with van der Waals surface area (Å²) in [6, 6.07) is 5.65. The van der Waals surface area contributed by atoms with Gasteiger partial charge in [-0.1, -0.05) is 15.9 Å². The molecule has 108 valence electrons. The topological polar surface area (TPSA) is 64.4 Å². The maximum absolute atomic E-state index is 11.5. The summed E-state index contributed by atoms with van der Waals surface area (Å²) in [5.41, 5.74) is 1.04. The van der Waals surface area contributed by atoms with Gasteiger partial charge in [-0.05, 0) is 39.0 Å². The number of oxazole rings is 1. The molecule has 0 aliphatic carbocycles. The smallest absolute Gasteiger partial charge is 0.407 e. The lowest BCUT2D eigenvalue weighted by atomic mass is 10.2. The molecule has 1 aromatic carbocycles. The van der Waals surface area contributed by atoms with Gasteiger partial charge in [0, 0.05) is 17.4 Å². The number of amides is 1. The van der Waals surface area contributed by atoms with Gasteiger partial charge in [-0.3, -0.25) is 0 Å². The fraction of sp³-hybridized carbons (Fsp3) is 0.429. The number of carbonyl (C=O) groups is 1. The van der Waals surface area contributed by atoms with Crippen molar-refractivity contribution in [3.8, 4) is 0 Å². The van der Waals surface area contributed by atoms with Crippen LogP contribution in [-0.2, 0) is 11.2 Å². The van der Waals surface area contributed by atoms with E-state index in [0.717, 1.165) is 15.6 Å². The first-order valence-corrected chi connectivity index (χ1v) is 7.14. The number of aromatic nitrogens is 1. The average molecular weight is 341 g/mol. The van der Waals surface area contributed by atoms with E-state index in [1.807, 2.05) is 39.0 Å². The summed E-state index contributed by atoms with van der Waals surface area (Å²) in [4.78, 5) is 15.8. The van der Waals surface area contributed by atoms with Gasteiger partial charge < -0.3 is 14.5 Å². The van der Waals surface area contributed by atoms with Crippen LogP contribution in [0.2, 0.25) is 0 Å². The number of carbonyl (C=O) groups excluding carboxylic acids is 1. The molecule has 0 spiro atoms. The highest BCUT2D eigenvalue weighted by Crippen LogP contribution is 2.20. The molecule has 20 heavy (non-hydrogen) atoms. The van der Waals surface area contributed by atoms with Crippen molar-refractivity contribution in [2.45, 2.75) is 32.8 Å². The Morgan fingerprint density at radius 2 is 2.20 bits per heavy atom. The highest BCUT2D eigenvalue weighted by molar-refractivity contribution is 9.10. The van der Waals surface area contributed by atoms with E-state index in [2.05, 4.69) is 26.2 Å². The Balaban J connectivity index is 1.88. The number of nitrogens with zero attached hydrogens (tertiary/aromatic N) is 1. The van der Waals surface area contributed by atoms with Crippen LogP contribution < -0.4 is 5.32 Å². The van der Waals surface area contributed by atoms with E-state index in [9.17, 15) is 4.79 Å². The monoisotopic (exact) mass is 340 g/mol. The third kappa shape index (κ3) is 4.23. The Morgan fingerprint density at radius 3 is 2.90 bits per heavy atom. The number of alkyl carbamates (subject to hydrolysis) is 1. The number of benzene rings is 1. The molecule has 1 amide bonds. The van der Waals surface area contributed by atoms with Gasteiger partial charge in [0.05, 0.1) is 0 Å². The molecule has 1 aromatic heterocycles. The van der Waals surface area contributed by atoms with Crippen LogP contribution in [0, 0.1) is 0 Å². The van der Waals surface area contributed by atoms with Gasteiger partial charge in [0.15, 0.2) is 11.5 Å². The highest BCUT2D eigenvalue weighted by atomic mass is 79.9. The van der Waals surface area contributed by atoms with E-state index < -0.39 is 11.7 Å². The Bertz CT molecular complexity index is 616. The Labute approximate surface area is 125 Å². The van der Waals surface area contributed by atoms with Gasteiger partial charge in [0.2, 0.25) is 0 Å². The first-order chi connectivity index (χ1) is 9.33. The SMILES string of the molecule is CC(C)(C)OC(=O)NCCc1nc2cc(Br)ccc2o1. The lowest BCUT2D eigenvalue weighted by molar-refractivity contribution is 0.0528. The van der Waals surface area contributed by atoms with Crippen LogP contribution in [0.1, 0.15) is 26.7 Å². The molecule has 0 radical (unpaired) electrons. The van der Waals surface area contributed by atoms with Gasteiger partial charge in [0.25, 0.3) is 0 Å². The van der Waals surface area contributed by atoms with Crippen LogP contribution >= 0.6 is 15.9 Å². The second-order valence-electron chi connectivity index (χ2n) is 5.40. The van der Waals surface area contributed by atoms with Crippen molar-refractivity contribution in [2.24, 2.45) is 0 Å². The number of halogens is 1. The molecule has 2 aromatic rings. The van der Waals surface area contributed by atoms with Gasteiger partial charge in [-0.15, -0.1) is 0 Å². The Morgan fingerprint density at radius 1 is 1.45 bits per heavy atom. The molecule has 6 heteroatoms. The van der Waals surface area contributed by atoms with Crippen LogP contribution in [0.4, 0.5) is 4.79 Å². The molecule has 0 bridgehead atoms. The second-order valence-corrected chi connectivity index (χ2v) is 6.31. The fourth-order valence-electron chi connectivity index (χ4n) is 1.64. The summed E-state index contributed by atoms with van der Waals surface area (Å²) in [7, 11) is 0. The van der Waals surface area contributed by atoms with E-state index in [-0.39, 0.29) is 0 Å². The zero-order chi connectivity index (χ0) is 14.8. The predicted octanol–water partition coefficient (Wildman–Crippen LogP) is 3.66. The fourth-order valence-corrected chi connectivity index (χ4v) is 1.99. The molecule has 0 saturated carbocycles. The number of rotatable bonds is 3. The molecule has 0 unspecified atom stereocenters. The second kappa shape index (κ2) is 5.83. The number of hydrogen-bond donors (Lipinski definition) is 1. The van der Waals surface area contributed by atoms with Crippen LogP contribution in [0.5, 0.6) is 0 Å². The first kappa shape index (κ1) is 14.8. The molecule has 0 aliphatic heterocycles. The van der Waals surface area contributed by atoms with Crippen molar-refractivity contribution in [1.82, 2.24) is 10.3 Å². The zero-order valence-electron chi connectivity index (χ0n) is 11.7. The summed E-state index contributed by atoms with van der Waals surface area (Å²) in [5.74, 6) is 0.592. The molecule has 5 nitrogen and oxygen atoms in total. The highest BCUT2D eigenvalue weighted by Gasteiger charge is 2.15.